The van der Waals surface area contributed by atoms with Crippen molar-refractivity contribution in [2.24, 2.45) is 5.92 Å². The van der Waals surface area contributed by atoms with Crippen LogP contribution in [0.4, 0.5) is 0 Å². The van der Waals surface area contributed by atoms with Gasteiger partial charge in [0.2, 0.25) is 15.9 Å². The lowest BCUT2D eigenvalue weighted by Gasteiger charge is -2.34. The highest BCUT2D eigenvalue weighted by molar-refractivity contribution is 7.89. The summed E-state index contributed by atoms with van der Waals surface area (Å²) in [6, 6.07) is 6.98. The summed E-state index contributed by atoms with van der Waals surface area (Å²) in [7, 11) is -3.60. The second-order valence-corrected chi connectivity index (χ2v) is 11.5. The summed E-state index contributed by atoms with van der Waals surface area (Å²) >= 11 is 0. The van der Waals surface area contributed by atoms with Gasteiger partial charge in [-0.25, -0.2) is 13.1 Å². The van der Waals surface area contributed by atoms with E-state index in [0.717, 1.165) is 38.0 Å². The van der Waals surface area contributed by atoms with Crippen LogP contribution in [0.25, 0.3) is 0 Å². The lowest BCUT2D eigenvalue weighted by molar-refractivity contribution is -0.132. The van der Waals surface area contributed by atoms with Gasteiger partial charge in [0.25, 0.3) is 0 Å². The molecule has 1 aromatic carbocycles. The summed E-state index contributed by atoms with van der Waals surface area (Å²) in [5, 5.41) is 0. The van der Waals surface area contributed by atoms with Gasteiger partial charge in [0.1, 0.15) is 0 Å². The minimum Gasteiger partial charge on any atom is -0.343 e. The van der Waals surface area contributed by atoms with Crippen molar-refractivity contribution >= 4 is 15.9 Å². The Hall–Kier alpha value is -1.44. The Kier molecular flexibility index (Phi) is 7.58. The molecule has 2 aliphatic heterocycles. The summed E-state index contributed by atoms with van der Waals surface area (Å²) in [4.78, 5) is 17.2. The van der Waals surface area contributed by atoms with Crippen molar-refractivity contribution in [3.8, 4) is 0 Å². The molecule has 3 rings (SSSR count). The first-order chi connectivity index (χ1) is 14.1. The molecule has 2 saturated heterocycles. The van der Waals surface area contributed by atoms with E-state index >= 15 is 0 Å². The smallest absolute Gasteiger partial charge is 0.240 e. The first kappa shape index (κ1) is 23.2. The number of carbonyl (C=O) groups excluding carboxylic acids is 1. The van der Waals surface area contributed by atoms with Crippen molar-refractivity contribution in [1.29, 1.82) is 0 Å². The van der Waals surface area contributed by atoms with Crippen molar-refractivity contribution in [1.82, 2.24) is 14.5 Å². The molecule has 0 bridgehead atoms. The fourth-order valence-corrected chi connectivity index (χ4v) is 5.39. The number of nitrogens with one attached hydrogen (secondary N) is 1. The van der Waals surface area contributed by atoms with Crippen LogP contribution in [0.1, 0.15) is 58.4 Å². The molecule has 0 aromatic heterocycles. The van der Waals surface area contributed by atoms with E-state index in [4.69, 9.17) is 0 Å². The molecule has 30 heavy (non-hydrogen) atoms. The first-order valence-corrected chi connectivity index (χ1v) is 12.7. The van der Waals surface area contributed by atoms with Gasteiger partial charge in [-0.15, -0.1) is 0 Å². The molecule has 1 aromatic rings. The molecule has 1 amide bonds. The van der Waals surface area contributed by atoms with E-state index in [-0.39, 0.29) is 29.2 Å². The molecule has 168 valence electrons. The van der Waals surface area contributed by atoms with Crippen molar-refractivity contribution in [2.75, 3.05) is 39.3 Å². The van der Waals surface area contributed by atoms with Gasteiger partial charge in [0.05, 0.1) is 4.90 Å². The second-order valence-electron chi connectivity index (χ2n) is 9.75. The maximum absolute atomic E-state index is 12.5. The van der Waals surface area contributed by atoms with E-state index in [1.54, 1.807) is 12.1 Å². The molecular weight excluding hydrogens is 398 g/mol. The van der Waals surface area contributed by atoms with Crippen LogP contribution in [0.15, 0.2) is 29.2 Å². The quantitative estimate of drug-likeness (QED) is 0.715. The molecule has 0 spiro atoms. The molecule has 0 radical (unpaired) electrons. The molecule has 2 heterocycles. The topological polar surface area (TPSA) is 69.7 Å². The number of hydrogen-bond donors (Lipinski definition) is 1. The number of piperidine rings is 1. The zero-order chi connectivity index (χ0) is 21.8. The number of rotatable bonds is 7. The van der Waals surface area contributed by atoms with Crippen LogP contribution < -0.4 is 4.72 Å². The van der Waals surface area contributed by atoms with Gasteiger partial charge in [-0.2, -0.15) is 0 Å². The monoisotopic (exact) mass is 435 g/mol. The minimum atomic E-state index is -3.60. The largest absolute Gasteiger partial charge is 0.343 e. The maximum atomic E-state index is 12.5. The van der Waals surface area contributed by atoms with Crippen molar-refractivity contribution in [3.63, 3.8) is 0 Å². The van der Waals surface area contributed by atoms with Gasteiger partial charge in [-0.05, 0) is 67.8 Å². The molecule has 1 N–H and O–H groups in total. The normalized spacial score (nSPS) is 19.4. The van der Waals surface area contributed by atoms with Crippen molar-refractivity contribution < 1.29 is 13.2 Å². The Morgan fingerprint density at radius 2 is 1.63 bits per heavy atom. The van der Waals surface area contributed by atoms with E-state index < -0.39 is 10.0 Å². The first-order valence-electron chi connectivity index (χ1n) is 11.3. The van der Waals surface area contributed by atoms with Gasteiger partial charge in [0, 0.05) is 32.6 Å². The molecule has 0 unspecified atom stereocenters. The highest BCUT2D eigenvalue weighted by atomic mass is 32.2. The third kappa shape index (κ3) is 6.28. The summed E-state index contributed by atoms with van der Waals surface area (Å²) < 4.78 is 27.6. The minimum absolute atomic E-state index is 0.0237. The summed E-state index contributed by atoms with van der Waals surface area (Å²) in [6.45, 7) is 11.6. The number of sulfonamides is 1. The maximum Gasteiger partial charge on any atom is 0.240 e. The van der Waals surface area contributed by atoms with Gasteiger partial charge in [-0.1, -0.05) is 32.9 Å². The number of amides is 1. The Bertz CT molecular complexity index is 801. The molecule has 2 fully saturated rings. The van der Waals surface area contributed by atoms with Crippen LogP contribution in [0.3, 0.4) is 0 Å². The lowest BCUT2D eigenvalue weighted by atomic mass is 9.87. The lowest BCUT2D eigenvalue weighted by Crippen LogP contribution is -2.42. The van der Waals surface area contributed by atoms with Gasteiger partial charge in [0.15, 0.2) is 0 Å². The Morgan fingerprint density at radius 1 is 1.03 bits per heavy atom. The fourth-order valence-electron chi connectivity index (χ4n) is 4.36. The highest BCUT2D eigenvalue weighted by Gasteiger charge is 2.25. The molecule has 0 saturated carbocycles. The number of likely N-dealkylation sites (tertiary alicyclic amines) is 2. The standard InChI is InChI=1S/C23H37N3O3S/c1-23(2,3)20-6-8-21(9-7-20)30(28,29)24-13-10-22(27)26-16-11-19(12-17-26)18-25-14-4-5-15-25/h6-9,19,24H,4-5,10-18H2,1-3H3. The summed E-state index contributed by atoms with van der Waals surface area (Å²) in [6.07, 6.45) is 4.93. The predicted molar refractivity (Wildman–Crippen MR) is 120 cm³/mol. The Morgan fingerprint density at radius 3 is 2.20 bits per heavy atom. The van der Waals surface area contributed by atoms with Crippen molar-refractivity contribution in [2.45, 2.75) is 63.2 Å². The fraction of sp³-hybridized carbons (Fsp3) is 0.696. The van der Waals surface area contributed by atoms with Gasteiger partial charge >= 0.3 is 0 Å². The molecule has 2 aliphatic rings. The van der Waals surface area contributed by atoms with E-state index in [0.29, 0.717) is 5.92 Å². The SMILES string of the molecule is CC(C)(C)c1ccc(S(=O)(=O)NCCC(=O)N2CCC(CN3CCCC3)CC2)cc1. The molecule has 7 heteroatoms. The number of benzene rings is 1. The molecule has 0 aliphatic carbocycles. The number of nitrogens with zero attached hydrogens (tertiary/aromatic N) is 2. The van der Waals surface area contributed by atoms with Crippen LogP contribution in [-0.4, -0.2) is 63.4 Å². The summed E-state index contributed by atoms with van der Waals surface area (Å²) in [5.41, 5.74) is 1.06. The number of carbonyl (C=O) groups is 1. The number of hydrogen-bond acceptors (Lipinski definition) is 4. The van der Waals surface area contributed by atoms with E-state index in [1.165, 1.54) is 25.9 Å². The van der Waals surface area contributed by atoms with E-state index in [1.807, 2.05) is 17.0 Å². The highest BCUT2D eigenvalue weighted by Crippen LogP contribution is 2.24. The average Bonchev–Trinajstić information content (AvgIpc) is 3.21. The third-order valence-electron chi connectivity index (χ3n) is 6.34. The van der Waals surface area contributed by atoms with Gasteiger partial charge < -0.3 is 9.80 Å². The molecule has 0 atom stereocenters. The third-order valence-corrected chi connectivity index (χ3v) is 7.82. The molecule has 6 nitrogen and oxygen atoms in total. The summed E-state index contributed by atoms with van der Waals surface area (Å²) in [5.74, 6) is 0.724. The predicted octanol–water partition coefficient (Wildman–Crippen LogP) is 2.99. The Labute approximate surface area is 182 Å². The average molecular weight is 436 g/mol. The molecular formula is C23H37N3O3S. The zero-order valence-electron chi connectivity index (χ0n) is 18.7. The van der Waals surface area contributed by atoms with Crippen LogP contribution in [0, 0.1) is 5.92 Å². The van der Waals surface area contributed by atoms with Crippen molar-refractivity contribution in [3.05, 3.63) is 29.8 Å². The van der Waals surface area contributed by atoms with E-state index in [9.17, 15) is 13.2 Å². The zero-order valence-corrected chi connectivity index (χ0v) is 19.5. The van der Waals surface area contributed by atoms with Crippen LogP contribution in [0.2, 0.25) is 0 Å². The second kappa shape index (κ2) is 9.79. The van der Waals surface area contributed by atoms with E-state index in [2.05, 4.69) is 30.4 Å². The van der Waals surface area contributed by atoms with Crippen LogP contribution >= 0.6 is 0 Å². The van der Waals surface area contributed by atoms with Crippen LogP contribution in [-0.2, 0) is 20.2 Å². The van der Waals surface area contributed by atoms with Gasteiger partial charge in [-0.3, -0.25) is 4.79 Å². The van der Waals surface area contributed by atoms with Crippen LogP contribution in [0.5, 0.6) is 0 Å². The Balaban J connectivity index is 1.41.